The number of allylic oxidation sites excluding steroid dienone is 1. The van der Waals surface area contributed by atoms with Gasteiger partial charge in [0.2, 0.25) is 0 Å². The summed E-state index contributed by atoms with van der Waals surface area (Å²) in [5.41, 5.74) is 2.05. The lowest BCUT2D eigenvalue weighted by Crippen LogP contribution is -2.35. The van der Waals surface area contributed by atoms with Gasteiger partial charge in [-0.3, -0.25) is 4.79 Å². The van der Waals surface area contributed by atoms with Crippen LogP contribution < -0.4 is 4.90 Å². The Balaban J connectivity index is 1.40. The summed E-state index contributed by atoms with van der Waals surface area (Å²) in [6.45, 7) is 5.26. The minimum atomic E-state index is -4.49. The summed E-state index contributed by atoms with van der Waals surface area (Å²) < 4.78 is 54.4. The maximum Gasteiger partial charge on any atom is 0.416 e. The number of nitrogens with one attached hydrogen (secondary N) is 1. The molecule has 0 amide bonds. The number of benzene rings is 2. The molecular weight excluding hydrogens is 512 g/mol. The van der Waals surface area contributed by atoms with Gasteiger partial charge in [0.05, 0.1) is 22.2 Å². The molecule has 1 saturated heterocycles. The fourth-order valence-electron chi connectivity index (χ4n) is 5.05. The Morgan fingerprint density at radius 3 is 2.56 bits per heavy atom. The highest BCUT2D eigenvalue weighted by Gasteiger charge is 2.31. The molecule has 202 valence electrons. The first-order valence-electron chi connectivity index (χ1n) is 12.6. The van der Waals surface area contributed by atoms with Gasteiger partial charge in [-0.15, -0.1) is 6.58 Å². The Bertz CT molecular complexity index is 1540. The summed E-state index contributed by atoms with van der Waals surface area (Å²) in [6, 6.07) is 9.73. The number of hydrogen-bond donors (Lipinski definition) is 2. The van der Waals surface area contributed by atoms with Crippen LogP contribution in [0.4, 0.5) is 23.4 Å². The second kappa shape index (κ2) is 10.5. The van der Waals surface area contributed by atoms with Crippen molar-refractivity contribution < 1.29 is 27.5 Å². The molecule has 2 aromatic carbocycles. The number of pyridine rings is 1. The number of aliphatic carboxylic acids is 1. The number of aromatic nitrogens is 3. The predicted octanol–water partition coefficient (Wildman–Crippen LogP) is 6.87. The van der Waals surface area contributed by atoms with Crippen molar-refractivity contribution in [2.24, 2.45) is 5.92 Å². The van der Waals surface area contributed by atoms with E-state index in [1.165, 1.54) is 12.1 Å². The SMILES string of the molecule is C=CCc1cc(-c2ccc(-c3nc4ccc(C(F)(F)F)cc4[nH]3)c(F)c2)cnc1N1CCC(CC(=O)O)CC1. The van der Waals surface area contributed by atoms with Crippen LogP contribution in [0.3, 0.4) is 0 Å². The number of carboxylic acids is 1. The van der Waals surface area contributed by atoms with Gasteiger partial charge in [-0.05, 0) is 72.7 Å². The molecule has 0 saturated carbocycles. The van der Waals surface area contributed by atoms with Crippen LogP contribution in [-0.2, 0) is 17.4 Å². The van der Waals surface area contributed by atoms with Crippen molar-refractivity contribution in [3.05, 3.63) is 78.3 Å². The first-order valence-corrected chi connectivity index (χ1v) is 12.6. The molecule has 2 N–H and O–H groups in total. The number of carbonyl (C=O) groups is 1. The number of carboxylic acid groups (broad SMARTS) is 1. The monoisotopic (exact) mass is 538 g/mol. The lowest BCUT2D eigenvalue weighted by Gasteiger charge is -2.33. The first-order chi connectivity index (χ1) is 18.6. The lowest BCUT2D eigenvalue weighted by atomic mass is 9.93. The highest BCUT2D eigenvalue weighted by Crippen LogP contribution is 2.34. The summed E-state index contributed by atoms with van der Waals surface area (Å²) in [7, 11) is 0. The normalized spacial score (nSPS) is 14.6. The summed E-state index contributed by atoms with van der Waals surface area (Å²) in [5, 5.41) is 9.07. The van der Waals surface area contributed by atoms with Crippen LogP contribution in [0, 0.1) is 11.7 Å². The number of piperidine rings is 1. The number of aromatic amines is 1. The molecule has 1 aliphatic heterocycles. The summed E-state index contributed by atoms with van der Waals surface area (Å²) >= 11 is 0. The van der Waals surface area contributed by atoms with Crippen LogP contribution in [0.15, 0.2) is 61.3 Å². The van der Waals surface area contributed by atoms with Gasteiger partial charge in [0.1, 0.15) is 17.5 Å². The Hall–Kier alpha value is -4.21. The average Bonchev–Trinajstić information content (AvgIpc) is 3.32. The summed E-state index contributed by atoms with van der Waals surface area (Å²) in [4.78, 5) is 24.9. The molecule has 39 heavy (non-hydrogen) atoms. The van der Waals surface area contributed by atoms with Crippen molar-refractivity contribution in [3.8, 4) is 22.5 Å². The van der Waals surface area contributed by atoms with E-state index >= 15 is 4.39 Å². The number of nitrogens with zero attached hydrogens (tertiary/aromatic N) is 3. The van der Waals surface area contributed by atoms with Crippen molar-refractivity contribution in [3.63, 3.8) is 0 Å². The van der Waals surface area contributed by atoms with E-state index in [1.807, 2.05) is 6.07 Å². The molecule has 6 nitrogen and oxygen atoms in total. The standard InChI is InChI=1S/C29H26F4N4O2/c1-2-3-19-13-20(16-34-28(19)37-10-8-17(9-11-37)12-26(38)39)18-4-6-22(23(30)14-18)27-35-24-7-5-21(29(31,32)33)15-25(24)36-27/h2,4-7,13-17H,1,3,8-12H2,(H,35,36)(H,38,39). The Morgan fingerprint density at radius 2 is 1.90 bits per heavy atom. The van der Waals surface area contributed by atoms with Crippen molar-refractivity contribution in [1.82, 2.24) is 15.0 Å². The number of alkyl halides is 3. The lowest BCUT2D eigenvalue weighted by molar-refractivity contribution is -0.138. The molecule has 5 rings (SSSR count). The third-order valence-corrected chi connectivity index (χ3v) is 7.05. The number of rotatable bonds is 7. The number of H-pyrrole nitrogens is 1. The third-order valence-electron chi connectivity index (χ3n) is 7.05. The highest BCUT2D eigenvalue weighted by atomic mass is 19.4. The molecule has 0 spiro atoms. The van der Waals surface area contributed by atoms with E-state index < -0.39 is 23.5 Å². The molecule has 0 aliphatic carbocycles. The van der Waals surface area contributed by atoms with Crippen molar-refractivity contribution in [1.29, 1.82) is 0 Å². The molecule has 0 unspecified atom stereocenters. The summed E-state index contributed by atoms with van der Waals surface area (Å²) in [5.74, 6) is -0.249. The first kappa shape index (κ1) is 26.4. The zero-order valence-electron chi connectivity index (χ0n) is 20.9. The van der Waals surface area contributed by atoms with Crippen LogP contribution in [0.5, 0.6) is 0 Å². The highest BCUT2D eigenvalue weighted by molar-refractivity contribution is 5.81. The fraction of sp³-hybridized carbons (Fsp3) is 0.276. The molecule has 10 heteroatoms. The predicted molar refractivity (Wildman–Crippen MR) is 141 cm³/mol. The molecule has 2 aromatic heterocycles. The van der Waals surface area contributed by atoms with Crippen LogP contribution >= 0.6 is 0 Å². The number of anilines is 1. The Kier molecular flexibility index (Phi) is 7.12. The summed E-state index contributed by atoms with van der Waals surface area (Å²) in [6.07, 6.45) is 1.24. The van der Waals surface area contributed by atoms with E-state index in [2.05, 4.69) is 26.4 Å². The van der Waals surface area contributed by atoms with Crippen molar-refractivity contribution in [2.75, 3.05) is 18.0 Å². The molecule has 4 aromatic rings. The number of halogens is 4. The number of imidazole rings is 1. The quantitative estimate of drug-likeness (QED) is 0.198. The molecular formula is C29H26F4N4O2. The van der Waals surface area contributed by atoms with Gasteiger partial charge in [0.15, 0.2) is 0 Å². The van der Waals surface area contributed by atoms with Crippen molar-refractivity contribution >= 4 is 22.8 Å². The molecule has 3 heterocycles. The smallest absolute Gasteiger partial charge is 0.416 e. The molecule has 0 bridgehead atoms. The maximum absolute atomic E-state index is 15.2. The van der Waals surface area contributed by atoms with Gasteiger partial charge in [-0.25, -0.2) is 14.4 Å². The zero-order chi connectivity index (χ0) is 27.7. The van der Waals surface area contributed by atoms with E-state index in [4.69, 9.17) is 5.11 Å². The van der Waals surface area contributed by atoms with Crippen LogP contribution in [0.2, 0.25) is 0 Å². The van der Waals surface area contributed by atoms with E-state index in [0.717, 1.165) is 36.4 Å². The zero-order valence-corrected chi connectivity index (χ0v) is 20.9. The molecule has 0 atom stereocenters. The van der Waals surface area contributed by atoms with Gasteiger partial charge >= 0.3 is 12.1 Å². The number of hydrogen-bond acceptors (Lipinski definition) is 4. The van der Waals surface area contributed by atoms with Gasteiger partial charge in [0.25, 0.3) is 0 Å². The molecule has 1 aliphatic rings. The van der Waals surface area contributed by atoms with Crippen LogP contribution in [-0.4, -0.2) is 39.1 Å². The van der Waals surface area contributed by atoms with Gasteiger partial charge in [0, 0.05) is 31.3 Å². The van der Waals surface area contributed by atoms with E-state index in [-0.39, 0.29) is 29.2 Å². The van der Waals surface area contributed by atoms with Crippen LogP contribution in [0.1, 0.15) is 30.4 Å². The second-order valence-corrected chi connectivity index (χ2v) is 9.74. The Morgan fingerprint density at radius 1 is 1.13 bits per heavy atom. The van der Waals surface area contributed by atoms with Gasteiger partial charge < -0.3 is 15.0 Å². The number of fused-ring (bicyclic) bond motifs is 1. The third kappa shape index (κ3) is 5.64. The molecule has 0 radical (unpaired) electrons. The average molecular weight is 539 g/mol. The van der Waals surface area contributed by atoms with Crippen LogP contribution in [0.25, 0.3) is 33.5 Å². The molecule has 1 fully saturated rings. The van der Waals surface area contributed by atoms with Crippen molar-refractivity contribution in [2.45, 2.75) is 31.9 Å². The topological polar surface area (TPSA) is 82.1 Å². The second-order valence-electron chi connectivity index (χ2n) is 9.74. The minimum Gasteiger partial charge on any atom is -0.481 e. The fourth-order valence-corrected chi connectivity index (χ4v) is 5.05. The van der Waals surface area contributed by atoms with E-state index in [9.17, 15) is 18.0 Å². The van der Waals surface area contributed by atoms with Gasteiger partial charge in [-0.2, -0.15) is 13.2 Å². The minimum absolute atomic E-state index is 0.139. The maximum atomic E-state index is 15.2. The van der Waals surface area contributed by atoms with Gasteiger partial charge in [-0.1, -0.05) is 12.1 Å². The van der Waals surface area contributed by atoms with E-state index in [0.29, 0.717) is 36.2 Å². The van der Waals surface area contributed by atoms with E-state index in [1.54, 1.807) is 24.4 Å². The Labute approximate surface area is 222 Å². The largest absolute Gasteiger partial charge is 0.481 e.